The van der Waals surface area contributed by atoms with Crippen LogP contribution in [0, 0.1) is 34.6 Å². The Kier molecular flexibility index (Phi) is 6.92. The fraction of sp³-hybridized carbons (Fsp3) is 0.409. The Morgan fingerprint density at radius 3 is 1.80 bits per heavy atom. The molecule has 0 saturated carbocycles. The summed E-state index contributed by atoms with van der Waals surface area (Å²) in [6, 6.07) is 6.38. The van der Waals surface area contributed by atoms with E-state index in [0.29, 0.717) is 0 Å². The molecule has 0 saturated heterocycles. The minimum absolute atomic E-state index is 0. The molecule has 0 aliphatic carbocycles. The quantitative estimate of drug-likeness (QED) is 0.463. The van der Waals surface area contributed by atoms with Crippen molar-refractivity contribution in [2.75, 3.05) is 0 Å². The number of aryl methyl sites for hydroxylation is 4. The zero-order chi connectivity index (χ0) is 18.4. The number of benzene rings is 2. The number of carbonyl (C=O) groups is 1. The van der Waals surface area contributed by atoms with E-state index in [1.54, 1.807) is 0 Å². The fourth-order valence-electron chi connectivity index (χ4n) is 3.55. The summed E-state index contributed by atoms with van der Waals surface area (Å²) in [4.78, 5) is 13.5. The second-order valence-electron chi connectivity index (χ2n) is 8.01. The van der Waals surface area contributed by atoms with Gasteiger partial charge in [0.2, 0.25) is 0 Å². The molecular formula is C22H30LiOP. The van der Waals surface area contributed by atoms with Crippen LogP contribution in [0.5, 0.6) is 0 Å². The van der Waals surface area contributed by atoms with Crippen molar-refractivity contribution in [2.24, 2.45) is 0 Å². The smallest absolute Gasteiger partial charge is 1.00 e. The predicted octanol–water partition coefficient (Wildman–Crippen LogP) is 2.37. The van der Waals surface area contributed by atoms with E-state index in [9.17, 15) is 4.79 Å². The minimum Gasteiger partial charge on any atom is -1.00 e. The molecule has 1 nitrogen and oxygen atoms in total. The van der Waals surface area contributed by atoms with Gasteiger partial charge in [-0.25, -0.2) is 0 Å². The molecule has 130 valence electrons. The van der Waals surface area contributed by atoms with Gasteiger partial charge in [-0.2, -0.15) is 0 Å². The van der Waals surface area contributed by atoms with Crippen molar-refractivity contribution in [3.8, 4) is 0 Å². The summed E-state index contributed by atoms with van der Waals surface area (Å²) in [6.07, 6.45) is 0. The first-order valence-electron chi connectivity index (χ1n) is 8.47. The molecule has 2 aromatic carbocycles. The van der Waals surface area contributed by atoms with Gasteiger partial charge in [-0.15, -0.1) is 9.24 Å². The monoisotopic (exact) mass is 348 g/mol. The Labute approximate surface area is 168 Å². The van der Waals surface area contributed by atoms with E-state index in [-0.39, 0.29) is 31.5 Å². The van der Waals surface area contributed by atoms with Crippen LogP contribution < -0.4 is 24.2 Å². The van der Waals surface area contributed by atoms with E-state index < -0.39 is 0 Å². The largest absolute Gasteiger partial charge is 1.00 e. The van der Waals surface area contributed by atoms with E-state index in [4.69, 9.17) is 0 Å². The third-order valence-electron chi connectivity index (χ3n) is 4.77. The number of hydrogen-bond donors (Lipinski definition) is 0. The molecule has 3 heteroatoms. The van der Waals surface area contributed by atoms with Gasteiger partial charge in [0, 0.05) is 11.1 Å². The summed E-state index contributed by atoms with van der Waals surface area (Å²) >= 11 is 0. The fourth-order valence-corrected chi connectivity index (χ4v) is 3.77. The molecule has 0 fully saturated rings. The van der Waals surface area contributed by atoms with Crippen LogP contribution in [0.3, 0.4) is 0 Å². The molecule has 1 unspecified atom stereocenters. The van der Waals surface area contributed by atoms with Crippen LogP contribution in [0.15, 0.2) is 18.2 Å². The number of hydrogen-bond acceptors (Lipinski definition) is 1. The summed E-state index contributed by atoms with van der Waals surface area (Å²) in [5, 5.41) is 1.13. The van der Waals surface area contributed by atoms with E-state index in [0.717, 1.165) is 38.7 Å². The molecule has 0 heterocycles. The van der Waals surface area contributed by atoms with Gasteiger partial charge >= 0.3 is 18.9 Å². The van der Waals surface area contributed by atoms with Gasteiger partial charge in [-0.3, -0.25) is 4.79 Å². The van der Waals surface area contributed by atoms with Crippen molar-refractivity contribution >= 4 is 20.3 Å². The average Bonchev–Trinajstić information content (AvgIpc) is 2.41. The van der Waals surface area contributed by atoms with Gasteiger partial charge in [0.1, 0.15) is 0 Å². The normalized spacial score (nSPS) is 11.2. The summed E-state index contributed by atoms with van der Waals surface area (Å²) < 4.78 is 0. The Bertz CT molecular complexity index is 812. The predicted molar refractivity (Wildman–Crippen MR) is 109 cm³/mol. The third-order valence-corrected chi connectivity index (χ3v) is 5.66. The van der Waals surface area contributed by atoms with E-state index in [1.807, 2.05) is 13.8 Å². The standard InChI is InChI=1S/C22H29OP.Li.H/c1-12-9-13(2)18(14(3)10-12)20(23)19-16(5)21(24)15(4)11-17(19)22(6,7)8;;/h9-11H,24H2,1-8H3;;/q;+1;-1. The number of ketones is 1. The molecule has 25 heavy (non-hydrogen) atoms. The molecule has 1 atom stereocenters. The Morgan fingerprint density at radius 1 is 0.880 bits per heavy atom. The molecule has 2 aromatic rings. The van der Waals surface area contributed by atoms with E-state index in [1.165, 1.54) is 11.1 Å². The summed E-state index contributed by atoms with van der Waals surface area (Å²) in [6.45, 7) is 16.9. The van der Waals surface area contributed by atoms with Gasteiger partial charge < -0.3 is 1.43 Å². The molecule has 0 aliphatic rings. The third kappa shape index (κ3) is 4.28. The zero-order valence-corrected chi connectivity index (χ0v) is 18.4. The molecule has 0 radical (unpaired) electrons. The summed E-state index contributed by atoms with van der Waals surface area (Å²) in [5.41, 5.74) is 8.38. The van der Waals surface area contributed by atoms with Crippen LogP contribution in [0.2, 0.25) is 0 Å². The van der Waals surface area contributed by atoms with Gasteiger partial charge in [-0.05, 0) is 73.2 Å². The van der Waals surface area contributed by atoms with Crippen molar-refractivity contribution in [2.45, 2.75) is 60.8 Å². The Morgan fingerprint density at radius 2 is 1.36 bits per heavy atom. The molecule has 0 aromatic heterocycles. The zero-order valence-electron chi connectivity index (χ0n) is 18.2. The van der Waals surface area contributed by atoms with Crippen LogP contribution in [-0.2, 0) is 5.41 Å². The van der Waals surface area contributed by atoms with Crippen molar-refractivity contribution < 1.29 is 25.1 Å². The topological polar surface area (TPSA) is 17.1 Å². The first kappa shape index (κ1) is 22.2. The van der Waals surface area contributed by atoms with Crippen LogP contribution in [0.1, 0.15) is 71.5 Å². The molecule has 2 rings (SSSR count). The Hall–Kier alpha value is -0.863. The summed E-state index contributed by atoms with van der Waals surface area (Å²) in [5.74, 6) is 0.149. The van der Waals surface area contributed by atoms with Crippen molar-refractivity contribution in [1.29, 1.82) is 0 Å². The molecule has 0 aliphatic heterocycles. The minimum atomic E-state index is -0.0780. The molecular weight excluding hydrogens is 318 g/mol. The van der Waals surface area contributed by atoms with Crippen LogP contribution >= 0.6 is 9.24 Å². The van der Waals surface area contributed by atoms with Crippen molar-refractivity contribution in [1.82, 2.24) is 0 Å². The van der Waals surface area contributed by atoms with Crippen molar-refractivity contribution in [3.63, 3.8) is 0 Å². The molecule has 0 bridgehead atoms. The van der Waals surface area contributed by atoms with Crippen LogP contribution in [-0.4, -0.2) is 5.78 Å². The maximum absolute atomic E-state index is 13.5. The van der Waals surface area contributed by atoms with Crippen LogP contribution in [0.4, 0.5) is 0 Å². The van der Waals surface area contributed by atoms with E-state index in [2.05, 4.69) is 69.0 Å². The van der Waals surface area contributed by atoms with Crippen LogP contribution in [0.25, 0.3) is 0 Å². The van der Waals surface area contributed by atoms with E-state index >= 15 is 0 Å². The second-order valence-corrected chi connectivity index (χ2v) is 8.58. The van der Waals surface area contributed by atoms with Crippen molar-refractivity contribution in [3.05, 3.63) is 62.7 Å². The number of rotatable bonds is 2. The first-order valence-corrected chi connectivity index (χ1v) is 9.05. The SMILES string of the molecule is Cc1cc(C)c(C(=O)c2c(C(C)(C)C)cc(C)c(P)c2C)c(C)c1.[H-].[Li+]. The summed E-state index contributed by atoms with van der Waals surface area (Å²) in [7, 11) is 2.80. The molecule has 0 N–H and O–H groups in total. The average molecular weight is 348 g/mol. The van der Waals surface area contributed by atoms with Gasteiger partial charge in [0.25, 0.3) is 0 Å². The van der Waals surface area contributed by atoms with Gasteiger partial charge in [0.05, 0.1) is 0 Å². The van der Waals surface area contributed by atoms with Gasteiger partial charge in [-0.1, -0.05) is 44.5 Å². The second kappa shape index (κ2) is 7.80. The molecule has 0 spiro atoms. The number of carbonyl (C=O) groups excluding carboxylic acids is 1. The first-order chi connectivity index (χ1) is 10.9. The molecule has 0 amide bonds. The van der Waals surface area contributed by atoms with Gasteiger partial charge in [0.15, 0.2) is 5.78 Å². The Balaban J connectivity index is 0.00000312. The maximum atomic E-state index is 13.5. The maximum Gasteiger partial charge on any atom is 1.00 e.